The van der Waals surface area contributed by atoms with Crippen molar-refractivity contribution >= 4 is 11.0 Å². The van der Waals surface area contributed by atoms with E-state index >= 15 is 0 Å². The summed E-state index contributed by atoms with van der Waals surface area (Å²) in [5.41, 5.74) is 3.55. The van der Waals surface area contributed by atoms with Gasteiger partial charge in [0.05, 0.1) is 17.4 Å². The topological polar surface area (TPSA) is 48.9 Å². The summed E-state index contributed by atoms with van der Waals surface area (Å²) in [6.45, 7) is 0.314. The molecule has 0 radical (unpaired) electrons. The highest BCUT2D eigenvalue weighted by Crippen LogP contribution is 2.43. The first-order chi connectivity index (χ1) is 7.81. The van der Waals surface area contributed by atoms with Gasteiger partial charge in [0.1, 0.15) is 0 Å². The van der Waals surface area contributed by atoms with E-state index in [1.165, 1.54) is 12.0 Å². The number of nitrogens with zero attached hydrogens (tertiary/aromatic N) is 1. The Morgan fingerprint density at radius 3 is 2.94 bits per heavy atom. The third-order valence-electron chi connectivity index (χ3n) is 3.81. The number of hydrogen-bond acceptors (Lipinski definition) is 2. The van der Waals surface area contributed by atoms with Gasteiger partial charge in [-0.2, -0.15) is 0 Å². The van der Waals surface area contributed by atoms with Gasteiger partial charge in [-0.15, -0.1) is 0 Å². The second kappa shape index (κ2) is 3.59. The van der Waals surface area contributed by atoms with Crippen LogP contribution in [0.15, 0.2) is 24.5 Å². The molecule has 16 heavy (non-hydrogen) atoms. The molecule has 1 aliphatic carbocycles. The van der Waals surface area contributed by atoms with Crippen LogP contribution in [0.2, 0.25) is 0 Å². The molecule has 1 aliphatic rings. The van der Waals surface area contributed by atoms with Crippen molar-refractivity contribution in [3.63, 3.8) is 0 Å². The molecule has 3 heteroatoms. The number of fused-ring (bicyclic) bond motifs is 1. The molecule has 0 aliphatic heterocycles. The molecule has 3 nitrogen and oxygen atoms in total. The number of nitrogens with one attached hydrogen (secondary N) is 1. The summed E-state index contributed by atoms with van der Waals surface area (Å²) >= 11 is 0. The van der Waals surface area contributed by atoms with Crippen molar-refractivity contribution < 1.29 is 5.11 Å². The molecule has 0 amide bonds. The first-order valence-electron chi connectivity index (χ1n) is 5.84. The van der Waals surface area contributed by atoms with E-state index in [0.717, 1.165) is 30.3 Å². The number of H-pyrrole nitrogens is 1. The second-order valence-electron chi connectivity index (χ2n) is 4.94. The Labute approximate surface area is 94.5 Å². The predicted octanol–water partition coefficient (Wildman–Crippen LogP) is 2.27. The summed E-state index contributed by atoms with van der Waals surface area (Å²) in [5, 5.41) is 9.45. The van der Waals surface area contributed by atoms with Crippen LogP contribution >= 0.6 is 0 Å². The number of aliphatic hydroxyl groups is 1. The van der Waals surface area contributed by atoms with Gasteiger partial charge in [-0.05, 0) is 42.4 Å². The molecule has 1 saturated carbocycles. The van der Waals surface area contributed by atoms with Crippen LogP contribution in [0.5, 0.6) is 0 Å². The molecule has 1 fully saturated rings. The van der Waals surface area contributed by atoms with E-state index in [1.54, 1.807) is 6.33 Å². The van der Waals surface area contributed by atoms with Crippen LogP contribution in [0.4, 0.5) is 0 Å². The molecule has 1 heterocycles. The van der Waals surface area contributed by atoms with E-state index in [1.807, 2.05) is 6.07 Å². The van der Waals surface area contributed by atoms with E-state index in [0.29, 0.717) is 6.61 Å². The van der Waals surface area contributed by atoms with Gasteiger partial charge in [0, 0.05) is 6.61 Å². The van der Waals surface area contributed by atoms with Crippen molar-refractivity contribution in [1.29, 1.82) is 0 Å². The fourth-order valence-electron chi connectivity index (χ4n) is 2.59. The van der Waals surface area contributed by atoms with Gasteiger partial charge in [0.15, 0.2) is 0 Å². The Bertz CT molecular complexity index is 494. The van der Waals surface area contributed by atoms with Crippen LogP contribution in [0.3, 0.4) is 0 Å². The van der Waals surface area contributed by atoms with Gasteiger partial charge < -0.3 is 10.1 Å². The van der Waals surface area contributed by atoms with Gasteiger partial charge in [0.2, 0.25) is 0 Å². The number of benzene rings is 1. The summed E-state index contributed by atoms with van der Waals surface area (Å²) in [6.07, 6.45) is 6.28. The molecule has 1 aromatic heterocycles. The van der Waals surface area contributed by atoms with Gasteiger partial charge in [-0.25, -0.2) is 4.98 Å². The number of hydrogen-bond donors (Lipinski definition) is 2. The molecule has 0 saturated heterocycles. The average Bonchev–Trinajstić information content (AvgIpc) is 2.70. The lowest BCUT2D eigenvalue weighted by atomic mass is 9.66. The summed E-state index contributed by atoms with van der Waals surface area (Å²) in [6, 6.07) is 6.32. The standard InChI is InChI=1S/C13H16N2O/c16-8-13(4-1-5-13)7-10-2-3-11-12(6-10)15-9-14-11/h2-3,6,9,16H,1,4-5,7-8H2,(H,14,15). The Morgan fingerprint density at radius 2 is 2.25 bits per heavy atom. The highest BCUT2D eigenvalue weighted by atomic mass is 16.3. The van der Waals surface area contributed by atoms with Crippen molar-refractivity contribution in [1.82, 2.24) is 9.97 Å². The first kappa shape index (κ1) is 9.85. The minimum Gasteiger partial charge on any atom is -0.396 e. The zero-order valence-electron chi connectivity index (χ0n) is 9.24. The summed E-state index contributed by atoms with van der Waals surface area (Å²) in [7, 11) is 0. The number of aromatic amines is 1. The molecular weight excluding hydrogens is 200 g/mol. The average molecular weight is 216 g/mol. The highest BCUT2D eigenvalue weighted by Gasteiger charge is 2.36. The molecule has 1 aromatic carbocycles. The third kappa shape index (κ3) is 1.52. The van der Waals surface area contributed by atoms with Crippen LogP contribution < -0.4 is 0 Å². The minimum atomic E-state index is 0.160. The Morgan fingerprint density at radius 1 is 1.38 bits per heavy atom. The summed E-state index contributed by atoms with van der Waals surface area (Å²) < 4.78 is 0. The third-order valence-corrected chi connectivity index (χ3v) is 3.81. The van der Waals surface area contributed by atoms with Gasteiger partial charge >= 0.3 is 0 Å². The largest absolute Gasteiger partial charge is 0.396 e. The molecular formula is C13H16N2O. The first-order valence-corrected chi connectivity index (χ1v) is 5.84. The number of rotatable bonds is 3. The Hall–Kier alpha value is -1.35. The minimum absolute atomic E-state index is 0.160. The zero-order valence-corrected chi connectivity index (χ0v) is 9.24. The predicted molar refractivity (Wildman–Crippen MR) is 63.2 cm³/mol. The van der Waals surface area contributed by atoms with Crippen LogP contribution in [0.25, 0.3) is 11.0 Å². The fourth-order valence-corrected chi connectivity index (χ4v) is 2.59. The van der Waals surface area contributed by atoms with Crippen LogP contribution in [0, 0.1) is 5.41 Å². The van der Waals surface area contributed by atoms with Crippen LogP contribution in [0.1, 0.15) is 24.8 Å². The van der Waals surface area contributed by atoms with Crippen molar-refractivity contribution in [3.8, 4) is 0 Å². The lowest BCUT2D eigenvalue weighted by Crippen LogP contribution is -2.35. The normalized spacial score (nSPS) is 18.6. The van der Waals surface area contributed by atoms with Gasteiger partial charge in [-0.3, -0.25) is 0 Å². The quantitative estimate of drug-likeness (QED) is 0.826. The van der Waals surface area contributed by atoms with Crippen molar-refractivity contribution in [2.24, 2.45) is 5.41 Å². The lowest BCUT2D eigenvalue weighted by molar-refractivity contribution is 0.0450. The Balaban J connectivity index is 1.88. The molecule has 0 spiro atoms. The molecule has 0 atom stereocenters. The van der Waals surface area contributed by atoms with E-state index < -0.39 is 0 Å². The number of aliphatic hydroxyl groups excluding tert-OH is 1. The summed E-state index contributed by atoms with van der Waals surface area (Å²) in [5.74, 6) is 0. The number of aromatic nitrogens is 2. The van der Waals surface area contributed by atoms with Gasteiger partial charge in [-0.1, -0.05) is 12.5 Å². The SMILES string of the molecule is OCC1(Cc2ccc3nc[nH]c3c2)CCC1. The monoisotopic (exact) mass is 216 g/mol. The molecule has 84 valence electrons. The smallest absolute Gasteiger partial charge is 0.0931 e. The molecule has 3 rings (SSSR count). The van der Waals surface area contributed by atoms with Crippen molar-refractivity contribution in [3.05, 3.63) is 30.1 Å². The second-order valence-corrected chi connectivity index (χ2v) is 4.94. The Kier molecular flexibility index (Phi) is 2.21. The van der Waals surface area contributed by atoms with E-state index in [4.69, 9.17) is 0 Å². The van der Waals surface area contributed by atoms with Crippen LogP contribution in [-0.2, 0) is 6.42 Å². The fraction of sp³-hybridized carbons (Fsp3) is 0.462. The van der Waals surface area contributed by atoms with Gasteiger partial charge in [0.25, 0.3) is 0 Å². The maximum absolute atomic E-state index is 9.45. The molecule has 2 aromatic rings. The highest BCUT2D eigenvalue weighted by molar-refractivity contribution is 5.75. The summed E-state index contributed by atoms with van der Waals surface area (Å²) in [4.78, 5) is 7.33. The van der Waals surface area contributed by atoms with Crippen molar-refractivity contribution in [2.75, 3.05) is 6.61 Å². The molecule has 0 bridgehead atoms. The van der Waals surface area contributed by atoms with Crippen molar-refractivity contribution in [2.45, 2.75) is 25.7 Å². The maximum Gasteiger partial charge on any atom is 0.0931 e. The van der Waals surface area contributed by atoms with E-state index in [-0.39, 0.29) is 5.41 Å². The zero-order chi connectivity index (χ0) is 11.0. The van der Waals surface area contributed by atoms with Crippen LogP contribution in [-0.4, -0.2) is 21.7 Å². The lowest BCUT2D eigenvalue weighted by Gasteiger charge is -2.40. The molecule has 2 N–H and O–H groups in total. The number of imidazole rings is 1. The van der Waals surface area contributed by atoms with E-state index in [2.05, 4.69) is 22.1 Å². The maximum atomic E-state index is 9.45. The molecule has 0 unspecified atom stereocenters. The van der Waals surface area contributed by atoms with E-state index in [9.17, 15) is 5.11 Å².